The van der Waals surface area contributed by atoms with Gasteiger partial charge in [-0.3, -0.25) is 9.12 Å². The van der Waals surface area contributed by atoms with Crippen molar-refractivity contribution in [1.29, 1.82) is 0 Å². The molecule has 152 valence electrons. The molecule has 0 radical (unpaired) electrons. The molecule has 2 aromatic rings. The summed E-state index contributed by atoms with van der Waals surface area (Å²) in [5.41, 5.74) is 1.72. The molecule has 7 nitrogen and oxygen atoms in total. The topological polar surface area (TPSA) is 121 Å². The smallest absolute Gasteiger partial charge is 0.346 e. The molecule has 0 spiro atoms. The first-order valence-electron chi connectivity index (χ1n) is 8.59. The zero-order valence-corrected chi connectivity index (χ0v) is 16.9. The number of aryl methyl sites for hydroxylation is 1. The Morgan fingerprint density at radius 3 is 2.11 bits per heavy atom. The Morgan fingerprint density at radius 2 is 1.57 bits per heavy atom. The molecule has 1 unspecified atom stereocenters. The van der Waals surface area contributed by atoms with Crippen LogP contribution in [0.3, 0.4) is 0 Å². The van der Waals surface area contributed by atoms with Gasteiger partial charge in [-0.2, -0.15) is 8.42 Å². The summed E-state index contributed by atoms with van der Waals surface area (Å²) in [7, 11) is -9.83. The van der Waals surface area contributed by atoms with Crippen LogP contribution in [0, 0.1) is 0 Å². The first-order chi connectivity index (χ1) is 13.1. The fraction of sp³-hybridized carbons (Fsp3) is 0.263. The van der Waals surface area contributed by atoms with E-state index in [1.807, 2.05) is 24.3 Å². The van der Waals surface area contributed by atoms with Gasteiger partial charge in [0.2, 0.25) is 0 Å². The van der Waals surface area contributed by atoms with E-state index in [-0.39, 0.29) is 12.8 Å². The third-order valence-corrected chi connectivity index (χ3v) is 7.70. The molecule has 0 saturated heterocycles. The van der Waals surface area contributed by atoms with E-state index in [0.29, 0.717) is 24.3 Å². The van der Waals surface area contributed by atoms with Gasteiger partial charge < -0.3 is 14.5 Å². The third-order valence-electron chi connectivity index (χ3n) is 4.15. The number of rotatable bonds is 10. The Labute approximate surface area is 164 Å². The van der Waals surface area contributed by atoms with Crippen molar-refractivity contribution in [2.75, 3.05) is 0 Å². The lowest BCUT2D eigenvalue weighted by Crippen LogP contribution is -2.20. The molecule has 9 heteroatoms. The molecule has 0 amide bonds. The van der Waals surface area contributed by atoms with Gasteiger partial charge in [0.1, 0.15) is 11.5 Å². The van der Waals surface area contributed by atoms with Crippen LogP contribution in [-0.2, 0) is 27.5 Å². The molecule has 0 aliphatic rings. The summed E-state index contributed by atoms with van der Waals surface area (Å²) in [6.07, 6.45) is 2.50. The quantitative estimate of drug-likeness (QED) is 0.299. The second-order valence-corrected chi connectivity index (χ2v) is 10.0. The first-order valence-corrected chi connectivity index (χ1v) is 11.8. The number of ether oxygens (including phenoxy) is 1. The Balaban J connectivity index is 2.15. The number of allylic oxidation sites excluding steroid dienone is 1. The lowest BCUT2D eigenvalue weighted by Gasteiger charge is -2.16. The van der Waals surface area contributed by atoms with E-state index >= 15 is 0 Å². The van der Waals surface area contributed by atoms with Crippen LogP contribution in [-0.4, -0.2) is 27.7 Å². The lowest BCUT2D eigenvalue weighted by molar-refractivity contribution is 0.360. The number of para-hydroxylation sites is 2. The molecule has 2 aromatic carbocycles. The van der Waals surface area contributed by atoms with Crippen molar-refractivity contribution in [3.05, 3.63) is 72.3 Å². The van der Waals surface area contributed by atoms with E-state index in [1.54, 1.807) is 30.3 Å². The minimum Gasteiger partial charge on any atom is -0.457 e. The van der Waals surface area contributed by atoms with Crippen LogP contribution in [0.25, 0.3) is 0 Å². The van der Waals surface area contributed by atoms with Crippen LogP contribution in [0.2, 0.25) is 0 Å². The van der Waals surface area contributed by atoms with Crippen molar-refractivity contribution in [2.24, 2.45) is 0 Å². The molecule has 0 heterocycles. The highest BCUT2D eigenvalue weighted by Gasteiger charge is 2.39. The normalized spacial score (nSPS) is 13.1. The molecule has 1 atom stereocenters. The summed E-state index contributed by atoms with van der Waals surface area (Å²) in [4.78, 5) is 16.2. The van der Waals surface area contributed by atoms with Crippen LogP contribution in [0.1, 0.15) is 24.0 Å². The second-order valence-electron chi connectivity index (χ2n) is 6.26. The van der Waals surface area contributed by atoms with E-state index in [1.165, 1.54) is 0 Å². The van der Waals surface area contributed by atoms with Gasteiger partial charge in [0.25, 0.3) is 10.1 Å². The number of hydrogen-bond acceptors (Lipinski definition) is 4. The van der Waals surface area contributed by atoms with Gasteiger partial charge in [-0.05, 0) is 48.9 Å². The summed E-state index contributed by atoms with van der Waals surface area (Å²) in [5.74, 6) is 1.24. The molecule has 0 saturated carbocycles. The maximum atomic E-state index is 11.4. The van der Waals surface area contributed by atoms with Gasteiger partial charge in [0, 0.05) is 0 Å². The highest BCUT2D eigenvalue weighted by atomic mass is 32.2. The summed E-state index contributed by atoms with van der Waals surface area (Å²) in [6, 6.07) is 14.7. The zero-order valence-electron chi connectivity index (χ0n) is 15.1. The minimum absolute atomic E-state index is 0.143. The SMILES string of the molecule is C=CCc1ccccc1Oc1ccccc1CCCC(P(=O)(O)O)S(=O)(=O)O. The summed E-state index contributed by atoms with van der Waals surface area (Å²) in [5, 5.41) is 0. The largest absolute Gasteiger partial charge is 0.457 e. The van der Waals surface area contributed by atoms with E-state index in [2.05, 4.69) is 6.58 Å². The Kier molecular flexibility index (Phi) is 7.57. The summed E-state index contributed by atoms with van der Waals surface area (Å²) in [6.45, 7) is 3.73. The number of benzene rings is 2. The van der Waals surface area contributed by atoms with Crippen LogP contribution < -0.4 is 4.74 Å². The molecule has 28 heavy (non-hydrogen) atoms. The monoisotopic (exact) mass is 426 g/mol. The highest BCUT2D eigenvalue weighted by molar-refractivity contribution is 7.93. The molecular formula is C19H23O7PS. The average molecular weight is 426 g/mol. The van der Waals surface area contributed by atoms with Crippen LogP contribution in [0.15, 0.2) is 61.2 Å². The molecule has 0 aromatic heterocycles. The van der Waals surface area contributed by atoms with Crippen molar-refractivity contribution >= 4 is 17.7 Å². The Morgan fingerprint density at radius 1 is 1.04 bits per heavy atom. The summed E-state index contributed by atoms with van der Waals surface area (Å²) >= 11 is 0. The Bertz CT molecular complexity index is 966. The van der Waals surface area contributed by atoms with E-state index in [9.17, 15) is 22.8 Å². The average Bonchev–Trinajstić information content (AvgIpc) is 2.59. The molecule has 0 bridgehead atoms. The van der Waals surface area contributed by atoms with Crippen molar-refractivity contribution in [3.8, 4) is 11.5 Å². The van der Waals surface area contributed by atoms with Crippen molar-refractivity contribution in [1.82, 2.24) is 0 Å². The predicted molar refractivity (Wildman–Crippen MR) is 107 cm³/mol. The zero-order chi connectivity index (χ0) is 20.8. The van der Waals surface area contributed by atoms with Gasteiger partial charge in [-0.1, -0.05) is 42.5 Å². The first kappa shape index (κ1) is 22.3. The van der Waals surface area contributed by atoms with Crippen molar-refractivity contribution in [3.63, 3.8) is 0 Å². The summed E-state index contributed by atoms with van der Waals surface area (Å²) < 4.78 is 49.0. The molecule has 2 rings (SSSR count). The minimum atomic E-state index is -4.98. The molecular weight excluding hydrogens is 403 g/mol. The van der Waals surface area contributed by atoms with Crippen molar-refractivity contribution < 1.29 is 32.1 Å². The van der Waals surface area contributed by atoms with Gasteiger partial charge in [0.15, 0.2) is 4.99 Å². The van der Waals surface area contributed by atoms with Crippen LogP contribution >= 0.6 is 7.60 Å². The maximum Gasteiger partial charge on any atom is 0.346 e. The Hall–Kier alpha value is -1.96. The van der Waals surface area contributed by atoms with Gasteiger partial charge in [0.05, 0.1) is 0 Å². The molecule has 0 aliphatic carbocycles. The second kappa shape index (κ2) is 9.49. The van der Waals surface area contributed by atoms with E-state index in [0.717, 1.165) is 11.1 Å². The molecule has 0 fully saturated rings. The molecule has 3 N–H and O–H groups in total. The fourth-order valence-electron chi connectivity index (χ4n) is 2.81. The van der Waals surface area contributed by atoms with Crippen LogP contribution in [0.4, 0.5) is 0 Å². The van der Waals surface area contributed by atoms with Gasteiger partial charge in [-0.15, -0.1) is 6.58 Å². The fourth-order valence-corrected chi connectivity index (χ4v) is 5.19. The van der Waals surface area contributed by atoms with Gasteiger partial charge in [-0.25, -0.2) is 0 Å². The highest BCUT2D eigenvalue weighted by Crippen LogP contribution is 2.46. The molecule has 0 aliphatic heterocycles. The number of hydrogen-bond donors (Lipinski definition) is 3. The predicted octanol–water partition coefficient (Wildman–Crippen LogP) is 3.92. The van der Waals surface area contributed by atoms with Gasteiger partial charge >= 0.3 is 7.60 Å². The van der Waals surface area contributed by atoms with Crippen molar-refractivity contribution in [2.45, 2.75) is 30.7 Å². The van der Waals surface area contributed by atoms with Crippen LogP contribution in [0.5, 0.6) is 11.5 Å². The third kappa shape index (κ3) is 6.29. The lowest BCUT2D eigenvalue weighted by atomic mass is 10.1. The van der Waals surface area contributed by atoms with E-state index < -0.39 is 22.7 Å². The maximum absolute atomic E-state index is 11.4. The standard InChI is InChI=1S/C19H23O7PS/c1-2-8-15-9-3-5-12-17(15)26-18-13-6-4-10-16(18)11-7-14-19(27(20,21)22)28(23,24)25/h2-6,9-10,12-13,19H,1,7-8,11,14H2,(H2,20,21,22)(H,23,24,25). The van der Waals surface area contributed by atoms with E-state index in [4.69, 9.17) is 9.29 Å².